The Bertz CT molecular complexity index is 699. The number of carbonyl (C=O) groups excluding carboxylic acids is 1. The van der Waals surface area contributed by atoms with Crippen LogP contribution < -0.4 is 4.90 Å². The van der Waals surface area contributed by atoms with Gasteiger partial charge in [-0.25, -0.2) is 0 Å². The summed E-state index contributed by atoms with van der Waals surface area (Å²) < 4.78 is 0. The Morgan fingerprint density at radius 2 is 1.83 bits per heavy atom. The second kappa shape index (κ2) is 6.77. The van der Waals surface area contributed by atoms with Crippen molar-refractivity contribution in [2.24, 2.45) is 0 Å². The van der Waals surface area contributed by atoms with Crippen LogP contribution in [0, 0.1) is 6.92 Å². The third-order valence-electron chi connectivity index (χ3n) is 4.07. The number of benzene rings is 2. The van der Waals surface area contributed by atoms with E-state index in [2.05, 4.69) is 0 Å². The molecule has 2 aromatic carbocycles. The van der Waals surface area contributed by atoms with Crippen LogP contribution in [0.4, 0.5) is 5.69 Å². The van der Waals surface area contributed by atoms with E-state index >= 15 is 0 Å². The molecule has 1 heterocycles. The molecule has 0 radical (unpaired) electrons. The van der Waals surface area contributed by atoms with Crippen molar-refractivity contribution in [2.75, 3.05) is 11.4 Å². The molecule has 0 fully saturated rings. The summed E-state index contributed by atoms with van der Waals surface area (Å²) >= 11 is 1.57. The molecule has 1 aliphatic rings. The van der Waals surface area contributed by atoms with Gasteiger partial charge in [-0.2, -0.15) is 0 Å². The maximum atomic E-state index is 12.8. The van der Waals surface area contributed by atoms with E-state index in [0.717, 1.165) is 22.6 Å². The van der Waals surface area contributed by atoms with Crippen LogP contribution in [0.5, 0.6) is 0 Å². The number of aryl methyl sites for hydroxylation is 1. The highest BCUT2D eigenvalue weighted by Gasteiger charge is 2.36. The second-order valence-electron chi connectivity index (χ2n) is 5.85. The zero-order valence-corrected chi connectivity index (χ0v) is 14.2. The number of para-hydroxylation sites is 1. The Balaban J connectivity index is 2.05. The van der Waals surface area contributed by atoms with Crippen LogP contribution in [0.1, 0.15) is 29.7 Å². The molecular weight excluding hydrogens is 306 g/mol. The van der Waals surface area contributed by atoms with Gasteiger partial charge in [-0.1, -0.05) is 48.9 Å². The predicted molar refractivity (Wildman–Crippen MR) is 94.9 cm³/mol. The van der Waals surface area contributed by atoms with E-state index in [1.54, 1.807) is 16.7 Å². The highest BCUT2D eigenvalue weighted by Crippen LogP contribution is 2.45. The third kappa shape index (κ3) is 3.14. The number of anilines is 1. The van der Waals surface area contributed by atoms with Gasteiger partial charge in [-0.05, 0) is 31.0 Å². The Labute approximate surface area is 141 Å². The lowest BCUT2D eigenvalue weighted by Crippen LogP contribution is -2.40. The summed E-state index contributed by atoms with van der Waals surface area (Å²) in [6.07, 6.45) is -0.186. The molecule has 120 valence electrons. The van der Waals surface area contributed by atoms with Gasteiger partial charge in [0.25, 0.3) is 5.91 Å². The lowest BCUT2D eigenvalue weighted by Gasteiger charge is -2.24. The Morgan fingerprint density at radius 1 is 1.13 bits per heavy atom. The first kappa shape index (κ1) is 16.1. The lowest BCUT2D eigenvalue weighted by molar-refractivity contribution is -0.126. The summed E-state index contributed by atoms with van der Waals surface area (Å²) in [6, 6.07) is 15.9. The molecule has 3 rings (SSSR count). The van der Waals surface area contributed by atoms with E-state index in [4.69, 9.17) is 0 Å². The fourth-order valence-electron chi connectivity index (χ4n) is 2.85. The summed E-state index contributed by atoms with van der Waals surface area (Å²) in [4.78, 5) is 15.6. The van der Waals surface area contributed by atoms with E-state index in [1.165, 1.54) is 5.56 Å². The Kier molecular flexibility index (Phi) is 4.74. The fraction of sp³-hybridized carbons (Fsp3) is 0.316. The highest BCUT2D eigenvalue weighted by molar-refractivity contribution is 7.99. The van der Waals surface area contributed by atoms with Crippen LogP contribution >= 0.6 is 11.8 Å². The number of hydrogen-bond acceptors (Lipinski definition) is 3. The van der Waals surface area contributed by atoms with Crippen LogP contribution in [-0.2, 0) is 4.79 Å². The molecule has 0 unspecified atom stereocenters. The predicted octanol–water partition coefficient (Wildman–Crippen LogP) is 3.95. The molecule has 0 bridgehead atoms. The first-order valence-electron chi connectivity index (χ1n) is 7.93. The Morgan fingerprint density at radius 3 is 2.52 bits per heavy atom. The second-order valence-corrected chi connectivity index (χ2v) is 7.03. The van der Waals surface area contributed by atoms with E-state index in [0.29, 0.717) is 6.54 Å². The minimum Gasteiger partial charge on any atom is -0.382 e. The molecule has 1 amide bonds. The van der Waals surface area contributed by atoms with Gasteiger partial charge in [0, 0.05) is 11.4 Å². The van der Waals surface area contributed by atoms with Crippen molar-refractivity contribution in [3.05, 3.63) is 59.7 Å². The number of carbonyl (C=O) groups is 1. The van der Waals surface area contributed by atoms with Gasteiger partial charge < -0.3 is 10.0 Å². The van der Waals surface area contributed by atoms with Crippen LogP contribution in [0.25, 0.3) is 0 Å². The molecule has 2 atom stereocenters. The number of aliphatic hydroxyl groups is 1. The largest absolute Gasteiger partial charge is 0.382 e. The summed E-state index contributed by atoms with van der Waals surface area (Å²) in [5.74, 6) is -0.213. The average Bonchev–Trinajstić information content (AvgIpc) is 2.67. The van der Waals surface area contributed by atoms with Crippen LogP contribution in [0.3, 0.4) is 0 Å². The van der Waals surface area contributed by atoms with Crippen molar-refractivity contribution in [3.8, 4) is 0 Å². The number of thioether (sulfide) groups is 1. The van der Waals surface area contributed by atoms with Gasteiger partial charge >= 0.3 is 0 Å². The number of aliphatic hydroxyl groups excluding tert-OH is 1. The smallest absolute Gasteiger partial charge is 0.257 e. The lowest BCUT2D eigenvalue weighted by atomic mass is 10.0. The van der Waals surface area contributed by atoms with Crippen molar-refractivity contribution >= 4 is 23.4 Å². The minimum absolute atomic E-state index is 0.213. The third-order valence-corrected chi connectivity index (χ3v) is 5.45. The molecule has 23 heavy (non-hydrogen) atoms. The highest BCUT2D eigenvalue weighted by atomic mass is 32.2. The summed E-state index contributed by atoms with van der Waals surface area (Å²) in [7, 11) is 0. The maximum absolute atomic E-state index is 12.8. The van der Waals surface area contributed by atoms with Gasteiger partial charge in [0.05, 0.1) is 10.9 Å². The van der Waals surface area contributed by atoms with Crippen molar-refractivity contribution in [1.82, 2.24) is 0 Å². The monoisotopic (exact) mass is 327 g/mol. The van der Waals surface area contributed by atoms with Crippen LogP contribution in [0.15, 0.2) is 53.4 Å². The summed E-state index contributed by atoms with van der Waals surface area (Å²) in [5, 5.41) is 10.4. The van der Waals surface area contributed by atoms with E-state index in [-0.39, 0.29) is 11.2 Å². The molecule has 0 saturated carbocycles. The summed E-state index contributed by atoms with van der Waals surface area (Å²) in [6.45, 7) is 4.69. The first-order chi connectivity index (χ1) is 11.1. The van der Waals surface area contributed by atoms with Crippen molar-refractivity contribution in [1.29, 1.82) is 0 Å². The molecule has 2 aromatic rings. The van der Waals surface area contributed by atoms with E-state index in [1.807, 2.05) is 62.4 Å². The van der Waals surface area contributed by atoms with Crippen molar-refractivity contribution in [3.63, 3.8) is 0 Å². The standard InChI is InChI=1S/C19H21NO2S/c1-3-12-20-15-6-4-5-7-16(15)23-18(17(21)19(20)22)14-10-8-13(2)9-11-14/h4-11,17-18,21H,3,12H2,1-2H3/t17-,18+/m1/s1. The molecule has 0 saturated heterocycles. The average molecular weight is 327 g/mol. The molecular formula is C19H21NO2S. The maximum Gasteiger partial charge on any atom is 0.257 e. The van der Waals surface area contributed by atoms with Crippen molar-refractivity contribution < 1.29 is 9.90 Å². The molecule has 0 spiro atoms. The molecule has 0 aromatic heterocycles. The van der Waals surface area contributed by atoms with E-state index in [9.17, 15) is 9.90 Å². The van der Waals surface area contributed by atoms with Crippen molar-refractivity contribution in [2.45, 2.75) is 36.5 Å². The number of hydrogen-bond donors (Lipinski definition) is 1. The quantitative estimate of drug-likeness (QED) is 0.928. The zero-order valence-electron chi connectivity index (χ0n) is 13.4. The molecule has 1 aliphatic heterocycles. The van der Waals surface area contributed by atoms with Gasteiger partial charge in [-0.15, -0.1) is 11.8 Å². The number of nitrogens with zero attached hydrogens (tertiary/aromatic N) is 1. The minimum atomic E-state index is -1.04. The van der Waals surface area contributed by atoms with Gasteiger partial charge in [0.2, 0.25) is 0 Å². The van der Waals surface area contributed by atoms with Crippen LogP contribution in [-0.4, -0.2) is 23.7 Å². The molecule has 0 aliphatic carbocycles. The molecule has 1 N–H and O–H groups in total. The fourth-order valence-corrected chi connectivity index (χ4v) is 4.12. The SMILES string of the molecule is CCCN1C(=O)[C@H](O)[C@H](c2ccc(C)cc2)Sc2ccccc21. The topological polar surface area (TPSA) is 40.5 Å². The van der Waals surface area contributed by atoms with Gasteiger partial charge in [0.15, 0.2) is 0 Å². The number of amides is 1. The van der Waals surface area contributed by atoms with Crippen LogP contribution in [0.2, 0.25) is 0 Å². The molecule has 3 nitrogen and oxygen atoms in total. The van der Waals surface area contributed by atoms with Gasteiger partial charge in [-0.3, -0.25) is 4.79 Å². The molecule has 4 heteroatoms. The number of rotatable bonds is 3. The Hall–Kier alpha value is -1.78. The zero-order chi connectivity index (χ0) is 16.4. The van der Waals surface area contributed by atoms with E-state index < -0.39 is 6.10 Å². The summed E-state index contributed by atoms with van der Waals surface area (Å²) in [5.41, 5.74) is 3.05. The van der Waals surface area contributed by atoms with Gasteiger partial charge in [0.1, 0.15) is 6.10 Å². The first-order valence-corrected chi connectivity index (χ1v) is 8.81. The normalized spacial score (nSPS) is 21.0. The number of fused-ring (bicyclic) bond motifs is 1.